The molecule has 16 heteroatoms. The van der Waals surface area contributed by atoms with E-state index >= 15 is 0 Å². The van der Waals surface area contributed by atoms with Crippen molar-refractivity contribution in [3.8, 4) is 5.75 Å². The van der Waals surface area contributed by atoms with Crippen LogP contribution in [0.4, 0.5) is 5.82 Å². The van der Waals surface area contributed by atoms with Gasteiger partial charge in [0.05, 0.1) is 12.7 Å². The molecule has 1 aromatic heterocycles. The first-order valence-electron chi connectivity index (χ1n) is 12.3. The van der Waals surface area contributed by atoms with E-state index in [0.717, 1.165) is 23.8 Å². The van der Waals surface area contributed by atoms with Gasteiger partial charge >= 0.3 is 19.4 Å². The number of hydrogen-bond acceptors (Lipinski definition) is 11. The minimum atomic E-state index is -4.27. The second-order valence-electron chi connectivity index (χ2n) is 9.47. The van der Waals surface area contributed by atoms with Gasteiger partial charge in [-0.15, -0.1) is 0 Å². The Hall–Kier alpha value is -3.45. The minimum absolute atomic E-state index is 0.0322. The van der Waals surface area contributed by atoms with Gasteiger partial charge in [-0.05, 0) is 56.8 Å². The average Bonchev–Trinajstić information content (AvgIpc) is 3.10. The van der Waals surface area contributed by atoms with Crippen LogP contribution in [-0.4, -0.2) is 57.1 Å². The number of azide groups is 1. The Morgan fingerprint density at radius 1 is 1.41 bits per heavy atom. The molecule has 1 aliphatic carbocycles. The van der Waals surface area contributed by atoms with Crippen LogP contribution in [0.15, 0.2) is 52.5 Å². The first kappa shape index (κ1) is 28.6. The number of hydrogen-bond donors (Lipinski definition) is 3. The number of para-hydroxylation sites is 1. The highest BCUT2D eigenvalue weighted by molar-refractivity contribution is 7.52. The number of aromatic nitrogens is 2. The molecule has 2 aliphatic rings. The van der Waals surface area contributed by atoms with E-state index in [-0.39, 0.29) is 17.7 Å². The van der Waals surface area contributed by atoms with Crippen LogP contribution in [-0.2, 0) is 23.4 Å². The van der Waals surface area contributed by atoms with Crippen molar-refractivity contribution >= 4 is 19.5 Å². The van der Waals surface area contributed by atoms with Crippen molar-refractivity contribution in [2.24, 2.45) is 5.11 Å². The summed E-state index contributed by atoms with van der Waals surface area (Å²) in [6, 6.07) is 8.43. The number of rotatable bonds is 11. The average molecular weight is 564 g/mol. The lowest BCUT2D eigenvalue weighted by Crippen LogP contribution is -2.45. The molecule has 1 aliphatic heterocycles. The zero-order valence-electron chi connectivity index (χ0n) is 21.3. The van der Waals surface area contributed by atoms with Gasteiger partial charge < -0.3 is 24.8 Å². The smallest absolute Gasteiger partial charge is 0.459 e. The van der Waals surface area contributed by atoms with Crippen LogP contribution in [0.5, 0.6) is 5.75 Å². The Morgan fingerprint density at radius 3 is 2.74 bits per heavy atom. The molecule has 15 nitrogen and oxygen atoms in total. The zero-order valence-corrected chi connectivity index (χ0v) is 22.2. The van der Waals surface area contributed by atoms with Crippen molar-refractivity contribution in [1.29, 1.82) is 0 Å². The number of aliphatic hydroxyl groups excluding tert-OH is 1. The lowest BCUT2D eigenvalue weighted by Gasteiger charge is -2.29. The number of nitrogen functional groups attached to an aromatic ring is 1. The van der Waals surface area contributed by atoms with E-state index in [1.165, 1.54) is 26.1 Å². The molecule has 1 unspecified atom stereocenters. The molecule has 39 heavy (non-hydrogen) atoms. The fourth-order valence-electron chi connectivity index (χ4n) is 4.11. The van der Waals surface area contributed by atoms with Crippen molar-refractivity contribution in [3.63, 3.8) is 0 Å². The molecule has 2 heterocycles. The van der Waals surface area contributed by atoms with E-state index in [1.807, 2.05) is 0 Å². The molecule has 2 aromatic rings. The number of nitrogens with two attached hydrogens (primary N) is 1. The number of carbonyl (C=O) groups excluding carboxylic acids is 1. The summed E-state index contributed by atoms with van der Waals surface area (Å²) in [5, 5.41) is 17.3. The van der Waals surface area contributed by atoms with E-state index in [0.29, 0.717) is 0 Å². The third-order valence-electron chi connectivity index (χ3n) is 6.54. The second-order valence-corrected chi connectivity index (χ2v) is 11.2. The molecule has 6 atom stereocenters. The van der Waals surface area contributed by atoms with Crippen LogP contribution in [0.2, 0.25) is 0 Å². The molecule has 1 saturated heterocycles. The summed E-state index contributed by atoms with van der Waals surface area (Å²) < 4.78 is 37.3. The van der Waals surface area contributed by atoms with Crippen LogP contribution in [0, 0.1) is 0 Å². The highest BCUT2D eigenvalue weighted by Gasteiger charge is 2.55. The normalized spacial score (nSPS) is 27.0. The summed E-state index contributed by atoms with van der Waals surface area (Å²) in [6.07, 6.45) is -0.427. The number of nitrogens with zero attached hydrogens (tertiary/aromatic N) is 5. The summed E-state index contributed by atoms with van der Waals surface area (Å²) in [7, 11) is -4.27. The van der Waals surface area contributed by atoms with Crippen molar-refractivity contribution in [3.05, 3.63) is 63.5 Å². The predicted octanol–water partition coefficient (Wildman–Crippen LogP) is 2.43. The lowest BCUT2D eigenvalue weighted by molar-refractivity contribution is -0.154. The Kier molecular flexibility index (Phi) is 8.60. The van der Waals surface area contributed by atoms with Gasteiger partial charge in [0.2, 0.25) is 0 Å². The molecule has 4 N–H and O–H groups in total. The van der Waals surface area contributed by atoms with Gasteiger partial charge in [0.1, 0.15) is 35.4 Å². The number of aliphatic hydroxyl groups is 1. The Morgan fingerprint density at radius 2 is 2.13 bits per heavy atom. The van der Waals surface area contributed by atoms with E-state index in [9.17, 15) is 19.3 Å². The first-order chi connectivity index (χ1) is 18.5. The molecule has 0 radical (unpaired) electrons. The van der Waals surface area contributed by atoms with Crippen molar-refractivity contribution < 1.29 is 33.0 Å². The number of carbonyl (C=O) groups is 1. The fraction of sp³-hybridized carbons (Fsp3) is 0.522. The van der Waals surface area contributed by atoms with Gasteiger partial charge in [0.25, 0.3) is 0 Å². The standard InChI is InChI=1S/C23H30N7O8P/c1-14(20(32)36-15-9-6-10-15)27-39(34,38-16-7-4-3-5-8-16)35-13-17-19(31)23(2,28-29-25)21(37-17)30-12-11-18(24)26-22(30)33/h3-5,7-8,11-12,14-15,17,19,21,31H,6,9-10,13H2,1-2H3,(H,27,34)(H2,24,26,33)/t14-,17+,19+,21+,23+,39?/m0/s1. The highest BCUT2D eigenvalue weighted by Crippen LogP contribution is 2.47. The summed E-state index contributed by atoms with van der Waals surface area (Å²) >= 11 is 0. The van der Waals surface area contributed by atoms with Crippen molar-refractivity contribution in [2.75, 3.05) is 12.3 Å². The molecular formula is C23H30N7O8P. The third-order valence-corrected chi connectivity index (χ3v) is 8.18. The fourth-order valence-corrected chi connectivity index (χ4v) is 5.62. The topological polar surface area (TPSA) is 213 Å². The van der Waals surface area contributed by atoms with Gasteiger partial charge in [0.15, 0.2) is 6.23 Å². The number of benzene rings is 1. The Bertz CT molecular complexity index is 1330. The monoisotopic (exact) mass is 563 g/mol. The van der Waals surface area contributed by atoms with Crippen LogP contribution in [0.1, 0.15) is 39.3 Å². The summed E-state index contributed by atoms with van der Waals surface area (Å²) in [4.78, 5) is 31.4. The molecular weight excluding hydrogens is 533 g/mol. The van der Waals surface area contributed by atoms with Crippen LogP contribution in [0.25, 0.3) is 10.4 Å². The molecule has 2 fully saturated rings. The Labute approximate surface area is 223 Å². The van der Waals surface area contributed by atoms with Crippen LogP contribution >= 0.6 is 7.75 Å². The van der Waals surface area contributed by atoms with E-state index in [2.05, 4.69) is 20.1 Å². The number of ether oxygens (including phenoxy) is 2. The Balaban J connectivity index is 1.54. The predicted molar refractivity (Wildman–Crippen MR) is 137 cm³/mol. The van der Waals surface area contributed by atoms with Gasteiger partial charge in [-0.2, -0.15) is 10.1 Å². The largest absolute Gasteiger partial charge is 0.461 e. The van der Waals surface area contributed by atoms with Crippen molar-refractivity contribution in [2.45, 2.75) is 69.2 Å². The number of anilines is 1. The van der Waals surface area contributed by atoms with E-state index < -0.39 is 56.0 Å². The highest BCUT2D eigenvalue weighted by atomic mass is 31.2. The molecule has 0 bridgehead atoms. The molecule has 1 aromatic carbocycles. The SMILES string of the molecule is C[C@H](NP(=O)(OC[C@H]1O[C@@H](n2ccc(N)nc2=O)[C@](C)(N=[N+]=[N-])[C@@H]1O)Oc1ccccc1)C(=O)OC1CCC1. The quantitative estimate of drug-likeness (QED) is 0.119. The van der Waals surface area contributed by atoms with Crippen LogP contribution in [0.3, 0.4) is 0 Å². The van der Waals surface area contributed by atoms with Gasteiger partial charge in [-0.25, -0.2) is 9.36 Å². The second kappa shape index (κ2) is 11.7. The molecule has 0 amide bonds. The van der Waals surface area contributed by atoms with Gasteiger partial charge in [0, 0.05) is 11.1 Å². The number of esters is 1. The summed E-state index contributed by atoms with van der Waals surface area (Å²) in [5.74, 6) is -0.462. The van der Waals surface area contributed by atoms with Crippen molar-refractivity contribution in [1.82, 2.24) is 14.6 Å². The third kappa shape index (κ3) is 6.41. The maximum absolute atomic E-state index is 13.8. The molecule has 1 saturated carbocycles. The summed E-state index contributed by atoms with van der Waals surface area (Å²) in [6.45, 7) is 2.32. The first-order valence-corrected chi connectivity index (χ1v) is 13.8. The maximum Gasteiger partial charge on any atom is 0.459 e. The maximum atomic E-state index is 13.8. The molecule has 4 rings (SSSR count). The van der Waals surface area contributed by atoms with Gasteiger partial charge in [-0.3, -0.25) is 13.9 Å². The molecule has 0 spiro atoms. The van der Waals surface area contributed by atoms with E-state index in [1.54, 1.807) is 30.3 Å². The minimum Gasteiger partial charge on any atom is -0.461 e. The lowest BCUT2D eigenvalue weighted by atomic mass is 9.93. The van der Waals surface area contributed by atoms with Crippen LogP contribution < -0.4 is 21.0 Å². The van der Waals surface area contributed by atoms with E-state index in [4.69, 9.17) is 29.8 Å². The number of nitrogens with one attached hydrogen (secondary N) is 1. The van der Waals surface area contributed by atoms with Gasteiger partial charge in [-0.1, -0.05) is 23.3 Å². The molecule has 210 valence electrons. The zero-order chi connectivity index (χ0) is 28.2. The summed E-state index contributed by atoms with van der Waals surface area (Å²) in [5.41, 5.74) is 12.2.